The molecule has 0 unspecified atom stereocenters. The summed E-state index contributed by atoms with van der Waals surface area (Å²) in [5.41, 5.74) is 0.0474. The van der Waals surface area contributed by atoms with Gasteiger partial charge >= 0.3 is 5.69 Å². The molecule has 0 N–H and O–H groups in total. The van der Waals surface area contributed by atoms with Crippen LogP contribution in [-0.2, 0) is 0 Å². The van der Waals surface area contributed by atoms with Crippen LogP contribution in [0.5, 0.6) is 0 Å². The molecule has 0 radical (unpaired) electrons. The lowest BCUT2D eigenvalue weighted by molar-refractivity contribution is -0.390. The highest BCUT2D eigenvalue weighted by molar-refractivity contribution is 7.99. The van der Waals surface area contributed by atoms with Crippen molar-refractivity contribution in [2.45, 2.75) is 16.9 Å². The molecule has 0 fully saturated rings. The van der Waals surface area contributed by atoms with Gasteiger partial charge in [0, 0.05) is 16.0 Å². The predicted molar refractivity (Wildman–Crippen MR) is 89.5 cm³/mol. The van der Waals surface area contributed by atoms with Crippen molar-refractivity contribution in [3.8, 4) is 0 Å². The number of fused-ring (bicyclic) bond motifs is 1. The van der Waals surface area contributed by atoms with Crippen LogP contribution in [0, 0.1) is 17.0 Å². The van der Waals surface area contributed by atoms with Crippen LogP contribution < -0.4 is 5.43 Å². The number of nitro groups is 1. The van der Waals surface area contributed by atoms with Crippen LogP contribution in [0.3, 0.4) is 0 Å². The summed E-state index contributed by atoms with van der Waals surface area (Å²) in [4.78, 5) is 23.7. The van der Waals surface area contributed by atoms with Gasteiger partial charge in [0.05, 0.1) is 10.3 Å². The Morgan fingerprint density at radius 1 is 1.17 bits per heavy atom. The average Bonchev–Trinajstić information content (AvgIpc) is 2.49. The van der Waals surface area contributed by atoms with Gasteiger partial charge in [0.2, 0.25) is 5.09 Å². The van der Waals surface area contributed by atoms with Crippen LogP contribution in [-0.4, -0.2) is 4.92 Å². The number of rotatable bonds is 3. The van der Waals surface area contributed by atoms with Crippen LogP contribution in [0.25, 0.3) is 11.0 Å². The Hall–Kier alpha value is -2.31. The van der Waals surface area contributed by atoms with E-state index in [0.29, 0.717) is 5.02 Å². The maximum Gasteiger partial charge on any atom is 0.366 e. The standard InChI is InChI=1S/C16H10ClNO4S/c1-9-2-5-11(6-3-9)23-16-14(18(20)21)15(19)12-7-4-10(17)8-13(12)22-16/h2-8H,1H3. The monoisotopic (exact) mass is 347 g/mol. The van der Waals surface area contributed by atoms with E-state index in [9.17, 15) is 14.9 Å². The van der Waals surface area contributed by atoms with Gasteiger partial charge < -0.3 is 4.42 Å². The van der Waals surface area contributed by atoms with Crippen LogP contribution in [0.15, 0.2) is 61.7 Å². The largest absolute Gasteiger partial charge is 0.442 e. The second-order valence-corrected chi connectivity index (χ2v) is 6.36. The van der Waals surface area contributed by atoms with E-state index >= 15 is 0 Å². The third kappa shape index (κ3) is 3.09. The fourth-order valence-electron chi connectivity index (χ4n) is 2.08. The summed E-state index contributed by atoms with van der Waals surface area (Å²) < 4.78 is 5.59. The molecule has 5 nitrogen and oxygen atoms in total. The number of hydrogen-bond donors (Lipinski definition) is 0. The molecule has 3 aromatic rings. The van der Waals surface area contributed by atoms with Gasteiger partial charge in [-0.05, 0) is 43.0 Å². The molecular formula is C16H10ClNO4S. The van der Waals surface area contributed by atoms with Gasteiger partial charge in [-0.1, -0.05) is 29.3 Å². The number of benzene rings is 2. The van der Waals surface area contributed by atoms with Crippen LogP contribution in [0.2, 0.25) is 5.02 Å². The number of hydrogen-bond acceptors (Lipinski definition) is 5. The molecule has 0 amide bonds. The molecule has 7 heteroatoms. The first-order valence-corrected chi connectivity index (χ1v) is 7.80. The summed E-state index contributed by atoms with van der Waals surface area (Å²) in [6.45, 7) is 1.94. The lowest BCUT2D eigenvalue weighted by atomic mass is 10.2. The second-order valence-electron chi connectivity index (χ2n) is 4.88. The SMILES string of the molecule is Cc1ccc(Sc2oc3cc(Cl)ccc3c(=O)c2[N+](=O)[O-])cc1. The molecule has 3 rings (SSSR count). The van der Waals surface area contributed by atoms with E-state index in [1.54, 1.807) is 0 Å². The first-order valence-electron chi connectivity index (χ1n) is 6.61. The molecule has 2 aromatic carbocycles. The minimum absolute atomic E-state index is 0.0568. The van der Waals surface area contributed by atoms with Crippen molar-refractivity contribution in [1.29, 1.82) is 0 Å². The molecule has 1 heterocycles. The fraction of sp³-hybridized carbons (Fsp3) is 0.0625. The van der Waals surface area contributed by atoms with Crippen molar-refractivity contribution in [2.24, 2.45) is 0 Å². The Bertz CT molecular complexity index is 966. The highest BCUT2D eigenvalue weighted by Crippen LogP contribution is 2.35. The second kappa shape index (κ2) is 6.06. The van der Waals surface area contributed by atoms with E-state index in [1.165, 1.54) is 18.2 Å². The molecule has 0 spiro atoms. The quantitative estimate of drug-likeness (QED) is 0.502. The van der Waals surface area contributed by atoms with Crippen LogP contribution >= 0.6 is 23.4 Å². The first-order chi connectivity index (χ1) is 11.0. The van der Waals surface area contributed by atoms with Gasteiger partial charge in [0.1, 0.15) is 5.58 Å². The number of nitrogens with zero attached hydrogens (tertiary/aromatic N) is 1. The molecule has 1 aromatic heterocycles. The smallest absolute Gasteiger partial charge is 0.366 e. The Kier molecular flexibility index (Phi) is 4.11. The Morgan fingerprint density at radius 2 is 1.87 bits per heavy atom. The lowest BCUT2D eigenvalue weighted by Gasteiger charge is -2.05. The van der Waals surface area contributed by atoms with Gasteiger partial charge in [0.15, 0.2) is 0 Å². The average molecular weight is 348 g/mol. The third-order valence-electron chi connectivity index (χ3n) is 3.21. The third-order valence-corrected chi connectivity index (χ3v) is 4.42. The topological polar surface area (TPSA) is 73.3 Å². The molecule has 0 saturated heterocycles. The molecule has 116 valence electrons. The molecule has 0 aliphatic heterocycles. The predicted octanol–water partition coefficient (Wildman–Crippen LogP) is 4.81. The Balaban J connectivity index is 2.21. The summed E-state index contributed by atoms with van der Waals surface area (Å²) in [6, 6.07) is 11.8. The van der Waals surface area contributed by atoms with E-state index in [1.807, 2.05) is 31.2 Å². The Labute approximate surface area is 140 Å². The van der Waals surface area contributed by atoms with E-state index in [0.717, 1.165) is 22.2 Å². The summed E-state index contributed by atoms with van der Waals surface area (Å²) in [7, 11) is 0. The summed E-state index contributed by atoms with van der Waals surface area (Å²) in [5, 5.41) is 11.8. The fourth-order valence-corrected chi connectivity index (χ4v) is 3.12. The van der Waals surface area contributed by atoms with Gasteiger partial charge in [-0.2, -0.15) is 0 Å². The van der Waals surface area contributed by atoms with E-state index in [2.05, 4.69) is 0 Å². The van der Waals surface area contributed by atoms with Gasteiger partial charge in [-0.25, -0.2) is 0 Å². The minimum Gasteiger partial charge on any atom is -0.442 e. The molecule has 0 atom stereocenters. The molecule has 0 aliphatic rings. The number of aryl methyl sites for hydroxylation is 1. The van der Waals surface area contributed by atoms with Crippen LogP contribution in [0.4, 0.5) is 5.69 Å². The minimum atomic E-state index is -0.712. The van der Waals surface area contributed by atoms with E-state index in [-0.39, 0.29) is 16.1 Å². The van der Waals surface area contributed by atoms with Gasteiger partial charge in [-0.15, -0.1) is 0 Å². The maximum absolute atomic E-state index is 12.4. The molecule has 23 heavy (non-hydrogen) atoms. The zero-order chi connectivity index (χ0) is 16.6. The lowest BCUT2D eigenvalue weighted by Crippen LogP contribution is -2.09. The highest BCUT2D eigenvalue weighted by Gasteiger charge is 2.25. The van der Waals surface area contributed by atoms with Gasteiger partial charge in [-0.3, -0.25) is 14.9 Å². The highest BCUT2D eigenvalue weighted by atomic mass is 35.5. The summed E-state index contributed by atoms with van der Waals surface area (Å²) in [6.07, 6.45) is 0. The molecular weight excluding hydrogens is 338 g/mol. The Morgan fingerprint density at radius 3 is 2.52 bits per heavy atom. The van der Waals surface area contributed by atoms with Gasteiger partial charge in [0.25, 0.3) is 5.43 Å². The molecule has 0 aliphatic carbocycles. The van der Waals surface area contributed by atoms with E-state index in [4.69, 9.17) is 16.0 Å². The zero-order valence-corrected chi connectivity index (χ0v) is 13.5. The van der Waals surface area contributed by atoms with Crippen molar-refractivity contribution < 1.29 is 9.34 Å². The summed E-state index contributed by atoms with van der Waals surface area (Å²) >= 11 is 6.94. The zero-order valence-electron chi connectivity index (χ0n) is 11.9. The first kappa shape index (κ1) is 15.6. The van der Waals surface area contributed by atoms with Crippen molar-refractivity contribution in [3.63, 3.8) is 0 Å². The molecule has 0 bridgehead atoms. The van der Waals surface area contributed by atoms with Crippen molar-refractivity contribution >= 4 is 40.0 Å². The van der Waals surface area contributed by atoms with Crippen molar-refractivity contribution in [2.75, 3.05) is 0 Å². The normalized spacial score (nSPS) is 10.9. The van der Waals surface area contributed by atoms with E-state index < -0.39 is 16.0 Å². The van der Waals surface area contributed by atoms with Crippen molar-refractivity contribution in [1.82, 2.24) is 0 Å². The number of halogens is 1. The van der Waals surface area contributed by atoms with Crippen molar-refractivity contribution in [3.05, 3.63) is 73.4 Å². The summed E-state index contributed by atoms with van der Waals surface area (Å²) in [5.74, 6) is 0. The molecule has 0 saturated carbocycles. The van der Waals surface area contributed by atoms with Crippen LogP contribution in [0.1, 0.15) is 5.56 Å². The maximum atomic E-state index is 12.4.